The molecule has 0 saturated carbocycles. The Morgan fingerprint density at radius 1 is 1.11 bits per heavy atom. The first kappa shape index (κ1) is 24.9. The molecule has 0 unspecified atom stereocenters. The fourth-order valence-corrected chi connectivity index (χ4v) is 4.10. The van der Waals surface area contributed by atoms with Crippen LogP contribution in [0.5, 0.6) is 5.75 Å². The van der Waals surface area contributed by atoms with Gasteiger partial charge in [0.05, 0.1) is 0 Å². The molecule has 0 atom stereocenters. The van der Waals surface area contributed by atoms with Gasteiger partial charge in [-0.15, -0.1) is 10.2 Å². The number of nitrogens with one attached hydrogen (secondary N) is 1. The third-order valence-electron chi connectivity index (χ3n) is 6.20. The number of hydrogen-bond acceptors (Lipinski definition) is 7. The van der Waals surface area contributed by atoms with E-state index in [2.05, 4.69) is 27.5 Å². The molecule has 1 aliphatic rings. The van der Waals surface area contributed by atoms with Crippen LogP contribution in [-0.2, 0) is 22.5 Å². The predicted octanol–water partition coefficient (Wildman–Crippen LogP) is 3.87. The van der Waals surface area contributed by atoms with Crippen LogP contribution in [-0.4, -0.2) is 60.5 Å². The molecule has 8 heteroatoms. The third kappa shape index (κ3) is 7.90. The van der Waals surface area contributed by atoms with Crippen LogP contribution < -0.4 is 10.1 Å². The highest BCUT2D eigenvalue weighted by molar-refractivity contribution is 5.75. The molecule has 2 aromatic carbocycles. The molecule has 1 N–H and O–H groups in total. The van der Waals surface area contributed by atoms with Crippen LogP contribution in [0.1, 0.15) is 37.1 Å². The van der Waals surface area contributed by atoms with Crippen LogP contribution in [0.4, 0.5) is 0 Å². The summed E-state index contributed by atoms with van der Waals surface area (Å²) in [6.07, 6.45) is 3.77. The van der Waals surface area contributed by atoms with E-state index in [0.29, 0.717) is 50.2 Å². The summed E-state index contributed by atoms with van der Waals surface area (Å²) < 4.78 is 17.1. The minimum absolute atomic E-state index is 0.00259. The maximum atomic E-state index is 12.3. The molecule has 1 saturated heterocycles. The van der Waals surface area contributed by atoms with E-state index in [1.165, 1.54) is 0 Å². The number of aromatic nitrogens is 2. The number of hydrogen-bond donors (Lipinski definition) is 1. The number of rotatable bonds is 12. The summed E-state index contributed by atoms with van der Waals surface area (Å²) in [7, 11) is 2.14. The molecule has 0 radical (unpaired) electrons. The molecule has 2 heterocycles. The van der Waals surface area contributed by atoms with Crippen LogP contribution in [0.15, 0.2) is 59.0 Å². The van der Waals surface area contributed by atoms with Crippen LogP contribution in [0.2, 0.25) is 0 Å². The molecule has 8 nitrogen and oxygen atoms in total. The Balaban J connectivity index is 1.13. The lowest BCUT2D eigenvalue weighted by Crippen LogP contribution is -2.38. The molecular weight excluding hydrogens is 444 g/mol. The molecule has 186 valence electrons. The van der Waals surface area contributed by atoms with Crippen LogP contribution in [0.25, 0.3) is 11.5 Å². The molecule has 1 amide bonds. The summed E-state index contributed by atoms with van der Waals surface area (Å²) in [6, 6.07) is 18.1. The van der Waals surface area contributed by atoms with Gasteiger partial charge in [0.25, 0.3) is 0 Å². The Morgan fingerprint density at radius 2 is 1.94 bits per heavy atom. The second kappa shape index (κ2) is 13.0. The monoisotopic (exact) mass is 478 g/mol. The molecule has 0 aliphatic carbocycles. The van der Waals surface area contributed by atoms with E-state index in [1.807, 2.05) is 54.6 Å². The molecule has 4 rings (SSSR count). The van der Waals surface area contributed by atoms with Gasteiger partial charge in [-0.05, 0) is 56.1 Å². The summed E-state index contributed by atoms with van der Waals surface area (Å²) in [4.78, 5) is 14.6. The molecule has 0 bridgehead atoms. The largest absolute Gasteiger partial charge is 0.492 e. The Bertz CT molecular complexity index is 1050. The van der Waals surface area contributed by atoms with Crippen molar-refractivity contribution in [3.8, 4) is 17.2 Å². The topological polar surface area (TPSA) is 89.7 Å². The van der Waals surface area contributed by atoms with Crippen molar-refractivity contribution < 1.29 is 18.7 Å². The molecule has 35 heavy (non-hydrogen) atoms. The Labute approximate surface area is 206 Å². The molecule has 1 aliphatic heterocycles. The van der Waals surface area contributed by atoms with E-state index in [9.17, 15) is 4.79 Å². The lowest BCUT2D eigenvalue weighted by Gasteiger charge is -2.31. The summed E-state index contributed by atoms with van der Waals surface area (Å²) in [5, 5.41) is 11.1. The summed E-state index contributed by atoms with van der Waals surface area (Å²) in [6.45, 7) is 3.66. The second-order valence-corrected chi connectivity index (χ2v) is 8.82. The molecular formula is C27H34N4O4. The molecule has 1 fully saturated rings. The van der Waals surface area contributed by atoms with Crippen molar-refractivity contribution in [2.24, 2.45) is 0 Å². The number of ether oxygens (including phenoxy) is 2. The van der Waals surface area contributed by atoms with Crippen LogP contribution in [0.3, 0.4) is 0 Å². The second-order valence-electron chi connectivity index (χ2n) is 8.82. The van der Waals surface area contributed by atoms with Crippen molar-refractivity contribution in [2.75, 3.05) is 33.4 Å². The average molecular weight is 479 g/mol. The average Bonchev–Trinajstić information content (AvgIpc) is 3.38. The van der Waals surface area contributed by atoms with Crippen molar-refractivity contribution in [1.82, 2.24) is 20.4 Å². The van der Waals surface area contributed by atoms with Gasteiger partial charge in [0, 0.05) is 50.8 Å². The van der Waals surface area contributed by atoms with Crippen molar-refractivity contribution in [1.29, 1.82) is 0 Å². The number of benzene rings is 2. The summed E-state index contributed by atoms with van der Waals surface area (Å²) >= 11 is 0. The Kier molecular flexibility index (Phi) is 9.25. The van der Waals surface area contributed by atoms with Gasteiger partial charge in [0.2, 0.25) is 17.7 Å². The molecule has 1 aromatic heterocycles. The lowest BCUT2D eigenvalue weighted by molar-refractivity contribution is -0.121. The maximum Gasteiger partial charge on any atom is 0.247 e. The highest BCUT2D eigenvalue weighted by Gasteiger charge is 2.18. The smallest absolute Gasteiger partial charge is 0.247 e. The van der Waals surface area contributed by atoms with E-state index in [4.69, 9.17) is 13.9 Å². The Morgan fingerprint density at radius 3 is 2.77 bits per heavy atom. The van der Waals surface area contributed by atoms with E-state index in [1.54, 1.807) is 0 Å². The van der Waals surface area contributed by atoms with Crippen molar-refractivity contribution >= 4 is 5.91 Å². The van der Waals surface area contributed by atoms with Gasteiger partial charge in [-0.2, -0.15) is 0 Å². The van der Waals surface area contributed by atoms with Gasteiger partial charge < -0.3 is 19.2 Å². The zero-order chi connectivity index (χ0) is 24.3. The fraction of sp³-hybridized carbons (Fsp3) is 0.444. The quantitative estimate of drug-likeness (QED) is 0.423. The number of carbonyl (C=O) groups excluding carboxylic acids is 1. The van der Waals surface area contributed by atoms with Crippen molar-refractivity contribution in [2.45, 2.75) is 44.7 Å². The Hall–Kier alpha value is -3.23. The highest BCUT2D eigenvalue weighted by atomic mass is 16.5. The zero-order valence-corrected chi connectivity index (χ0v) is 20.3. The van der Waals surface area contributed by atoms with Crippen molar-refractivity contribution in [3.63, 3.8) is 0 Å². The summed E-state index contributed by atoms with van der Waals surface area (Å²) in [5.74, 6) is 1.87. The van der Waals surface area contributed by atoms with Gasteiger partial charge in [0.1, 0.15) is 12.4 Å². The van der Waals surface area contributed by atoms with Crippen LogP contribution >= 0.6 is 0 Å². The number of carbonyl (C=O) groups is 1. The lowest BCUT2D eigenvalue weighted by atomic mass is 10.1. The SMILES string of the molecule is CN(CCOc1cccc(CNC(=O)CCCc2nnc(-c3ccccc3)o2)c1)C1CCOCC1. The maximum absolute atomic E-state index is 12.3. The van der Waals surface area contributed by atoms with Gasteiger partial charge in [-0.25, -0.2) is 0 Å². The third-order valence-corrected chi connectivity index (χ3v) is 6.20. The van der Waals surface area contributed by atoms with Gasteiger partial charge >= 0.3 is 0 Å². The van der Waals surface area contributed by atoms with Gasteiger partial charge in [-0.1, -0.05) is 30.3 Å². The zero-order valence-electron chi connectivity index (χ0n) is 20.3. The minimum Gasteiger partial charge on any atom is -0.492 e. The fourth-order valence-electron chi connectivity index (χ4n) is 4.10. The normalized spacial score (nSPS) is 14.2. The van der Waals surface area contributed by atoms with E-state index < -0.39 is 0 Å². The van der Waals surface area contributed by atoms with Crippen LogP contribution in [0, 0.1) is 0 Å². The van der Waals surface area contributed by atoms with Crippen molar-refractivity contribution in [3.05, 3.63) is 66.1 Å². The minimum atomic E-state index is -0.00259. The van der Waals surface area contributed by atoms with E-state index in [-0.39, 0.29) is 5.91 Å². The van der Waals surface area contributed by atoms with Gasteiger partial charge in [-0.3, -0.25) is 9.69 Å². The first-order valence-electron chi connectivity index (χ1n) is 12.3. The standard InChI is InChI=1S/C27H34N4O4/c1-31(23-13-16-33-17-14-23)15-18-34-24-10-5-7-21(19-24)20-28-25(32)11-6-12-26-29-30-27(35-26)22-8-3-2-4-9-22/h2-5,7-10,19,23H,6,11-18,20H2,1H3,(H,28,32). The summed E-state index contributed by atoms with van der Waals surface area (Å²) in [5.41, 5.74) is 1.90. The number of aryl methyl sites for hydroxylation is 1. The number of nitrogens with zero attached hydrogens (tertiary/aromatic N) is 3. The number of likely N-dealkylation sites (N-methyl/N-ethyl adjacent to an activating group) is 1. The number of amides is 1. The molecule has 0 spiro atoms. The van der Waals surface area contributed by atoms with Gasteiger partial charge in [0.15, 0.2) is 0 Å². The predicted molar refractivity (Wildman–Crippen MR) is 133 cm³/mol. The highest BCUT2D eigenvalue weighted by Crippen LogP contribution is 2.18. The first-order valence-corrected chi connectivity index (χ1v) is 12.3. The molecule has 3 aromatic rings. The van der Waals surface area contributed by atoms with E-state index in [0.717, 1.165) is 49.5 Å². The first-order chi connectivity index (χ1) is 17.2. The van der Waals surface area contributed by atoms with E-state index >= 15 is 0 Å².